The molecule has 1 atom stereocenters. The van der Waals surface area contributed by atoms with E-state index in [0.717, 1.165) is 19.4 Å². The van der Waals surface area contributed by atoms with Crippen LogP contribution in [0.25, 0.3) is 0 Å². The van der Waals surface area contributed by atoms with Crippen molar-refractivity contribution >= 4 is 17.5 Å². The van der Waals surface area contributed by atoms with Crippen molar-refractivity contribution in [3.05, 3.63) is 30.3 Å². The Morgan fingerprint density at radius 3 is 2.89 bits per heavy atom. The Balaban J connectivity index is 1.57. The van der Waals surface area contributed by atoms with Gasteiger partial charge in [-0.15, -0.1) is 11.8 Å². The molecular formula is C15H20O2S. The van der Waals surface area contributed by atoms with E-state index in [1.165, 1.54) is 17.7 Å². The van der Waals surface area contributed by atoms with Gasteiger partial charge in [-0.3, -0.25) is 4.79 Å². The fourth-order valence-corrected chi connectivity index (χ4v) is 2.97. The van der Waals surface area contributed by atoms with Gasteiger partial charge in [0.15, 0.2) is 0 Å². The predicted molar refractivity (Wildman–Crippen MR) is 75.0 cm³/mol. The Labute approximate surface area is 113 Å². The number of carbonyl (C=O) groups is 1. The van der Waals surface area contributed by atoms with Gasteiger partial charge in [0.2, 0.25) is 0 Å². The summed E-state index contributed by atoms with van der Waals surface area (Å²) < 4.78 is 5.55. The second-order valence-corrected chi connectivity index (χ2v) is 5.72. The molecule has 0 amide bonds. The Morgan fingerprint density at radius 2 is 2.17 bits per heavy atom. The summed E-state index contributed by atoms with van der Waals surface area (Å²) in [6, 6.07) is 10.1. The van der Waals surface area contributed by atoms with Crippen molar-refractivity contribution in [2.75, 3.05) is 12.4 Å². The van der Waals surface area contributed by atoms with Gasteiger partial charge in [0, 0.05) is 17.9 Å². The molecule has 1 aromatic rings. The zero-order valence-corrected chi connectivity index (χ0v) is 11.5. The van der Waals surface area contributed by atoms with Crippen LogP contribution in [0, 0.1) is 0 Å². The lowest BCUT2D eigenvalue weighted by atomic mass is 10.1. The lowest BCUT2D eigenvalue weighted by molar-refractivity contribution is -0.116. The minimum Gasteiger partial charge on any atom is -0.378 e. The van der Waals surface area contributed by atoms with Gasteiger partial charge < -0.3 is 4.74 Å². The Hall–Kier alpha value is -0.800. The lowest BCUT2D eigenvalue weighted by Gasteiger charge is -2.08. The average Bonchev–Trinajstić information content (AvgIpc) is 2.91. The fourth-order valence-electron chi connectivity index (χ4n) is 2.15. The van der Waals surface area contributed by atoms with Crippen molar-refractivity contribution in [2.45, 2.75) is 43.1 Å². The molecule has 0 aliphatic carbocycles. The van der Waals surface area contributed by atoms with E-state index in [-0.39, 0.29) is 0 Å². The molecule has 1 aliphatic heterocycles. The number of hydrogen-bond acceptors (Lipinski definition) is 3. The van der Waals surface area contributed by atoms with Gasteiger partial charge in [0.1, 0.15) is 5.78 Å². The average molecular weight is 264 g/mol. The number of Topliss-reactive ketones (excluding diaryl/α,β-unsaturated/α-hetero) is 1. The Morgan fingerprint density at radius 1 is 1.33 bits per heavy atom. The summed E-state index contributed by atoms with van der Waals surface area (Å²) in [6.07, 6.45) is 5.48. The van der Waals surface area contributed by atoms with Crippen molar-refractivity contribution in [3.8, 4) is 0 Å². The number of carbonyl (C=O) groups excluding carboxylic acids is 1. The van der Waals surface area contributed by atoms with Crippen LogP contribution in [0.15, 0.2) is 35.2 Å². The van der Waals surface area contributed by atoms with Crippen LogP contribution in [-0.2, 0) is 9.53 Å². The zero-order chi connectivity index (χ0) is 12.6. The number of hydrogen-bond donors (Lipinski definition) is 0. The Bertz CT molecular complexity index is 358. The standard InChI is InChI=1S/C15H20O2S/c16-13(6-4-7-14-8-5-11-17-14)12-18-15-9-2-1-3-10-15/h1-3,9-10,14H,4-8,11-12H2. The molecule has 0 saturated carbocycles. The third-order valence-electron chi connectivity index (χ3n) is 3.15. The molecule has 1 aliphatic rings. The molecule has 1 heterocycles. The van der Waals surface area contributed by atoms with Crippen LogP contribution in [0.3, 0.4) is 0 Å². The first kappa shape index (κ1) is 13.6. The molecule has 1 aromatic carbocycles. The van der Waals surface area contributed by atoms with Gasteiger partial charge in [0.25, 0.3) is 0 Å². The first-order valence-electron chi connectivity index (χ1n) is 6.66. The van der Waals surface area contributed by atoms with Crippen LogP contribution in [0.4, 0.5) is 0 Å². The van der Waals surface area contributed by atoms with E-state index in [9.17, 15) is 4.79 Å². The minimum absolute atomic E-state index is 0.349. The summed E-state index contributed by atoms with van der Waals surface area (Å²) in [6.45, 7) is 0.905. The molecule has 0 spiro atoms. The quantitative estimate of drug-likeness (QED) is 0.702. The molecule has 0 N–H and O–H groups in total. The molecule has 2 nitrogen and oxygen atoms in total. The van der Waals surface area contributed by atoms with Gasteiger partial charge in [-0.25, -0.2) is 0 Å². The monoisotopic (exact) mass is 264 g/mol. The van der Waals surface area contributed by atoms with Crippen molar-refractivity contribution in [1.82, 2.24) is 0 Å². The number of benzene rings is 1. The highest BCUT2D eigenvalue weighted by Crippen LogP contribution is 2.20. The molecule has 0 aromatic heterocycles. The largest absolute Gasteiger partial charge is 0.378 e. The molecular weight excluding hydrogens is 244 g/mol. The summed E-state index contributed by atoms with van der Waals surface area (Å²) in [4.78, 5) is 12.9. The Kier molecular flexibility index (Phi) is 5.75. The molecule has 1 unspecified atom stereocenters. The topological polar surface area (TPSA) is 26.3 Å². The highest BCUT2D eigenvalue weighted by Gasteiger charge is 2.15. The fraction of sp³-hybridized carbons (Fsp3) is 0.533. The van der Waals surface area contributed by atoms with E-state index in [1.54, 1.807) is 11.8 Å². The highest BCUT2D eigenvalue weighted by molar-refractivity contribution is 8.00. The third kappa shape index (κ3) is 4.83. The number of ether oxygens (including phenoxy) is 1. The van der Waals surface area contributed by atoms with E-state index in [2.05, 4.69) is 0 Å². The summed E-state index contributed by atoms with van der Waals surface area (Å²) in [5, 5.41) is 0. The molecule has 2 rings (SSSR count). The molecule has 0 bridgehead atoms. The lowest BCUT2D eigenvalue weighted by Crippen LogP contribution is -2.07. The van der Waals surface area contributed by atoms with Crippen LogP contribution in [0.5, 0.6) is 0 Å². The van der Waals surface area contributed by atoms with E-state index in [4.69, 9.17) is 4.74 Å². The smallest absolute Gasteiger partial charge is 0.143 e. The van der Waals surface area contributed by atoms with Crippen LogP contribution in [0.2, 0.25) is 0 Å². The third-order valence-corrected chi connectivity index (χ3v) is 4.22. The van der Waals surface area contributed by atoms with Crippen LogP contribution in [0.1, 0.15) is 32.1 Å². The molecule has 98 valence electrons. The number of ketones is 1. The highest BCUT2D eigenvalue weighted by atomic mass is 32.2. The predicted octanol–water partition coefficient (Wildman–Crippen LogP) is 3.70. The summed E-state index contributed by atoms with van der Waals surface area (Å²) in [7, 11) is 0. The second kappa shape index (κ2) is 7.59. The van der Waals surface area contributed by atoms with E-state index in [0.29, 0.717) is 24.1 Å². The van der Waals surface area contributed by atoms with Crippen LogP contribution >= 0.6 is 11.8 Å². The van der Waals surface area contributed by atoms with Crippen molar-refractivity contribution in [3.63, 3.8) is 0 Å². The van der Waals surface area contributed by atoms with Crippen LogP contribution in [-0.4, -0.2) is 24.2 Å². The zero-order valence-electron chi connectivity index (χ0n) is 10.6. The molecule has 0 radical (unpaired) electrons. The van der Waals surface area contributed by atoms with E-state index < -0.39 is 0 Å². The van der Waals surface area contributed by atoms with Gasteiger partial charge in [-0.05, 0) is 37.8 Å². The normalized spacial score (nSPS) is 19.0. The van der Waals surface area contributed by atoms with Crippen molar-refractivity contribution in [1.29, 1.82) is 0 Å². The molecule has 3 heteroatoms. The molecule has 18 heavy (non-hydrogen) atoms. The first-order valence-corrected chi connectivity index (χ1v) is 7.64. The second-order valence-electron chi connectivity index (χ2n) is 4.67. The maximum absolute atomic E-state index is 11.7. The summed E-state index contributed by atoms with van der Waals surface area (Å²) >= 11 is 1.63. The van der Waals surface area contributed by atoms with Gasteiger partial charge in [0.05, 0.1) is 11.9 Å². The maximum atomic E-state index is 11.7. The number of thioether (sulfide) groups is 1. The molecule has 1 fully saturated rings. The van der Waals surface area contributed by atoms with Crippen LogP contribution < -0.4 is 0 Å². The maximum Gasteiger partial charge on any atom is 0.143 e. The van der Waals surface area contributed by atoms with Gasteiger partial charge in [-0.1, -0.05) is 18.2 Å². The van der Waals surface area contributed by atoms with Gasteiger partial charge in [-0.2, -0.15) is 0 Å². The summed E-state index contributed by atoms with van der Waals surface area (Å²) in [5.41, 5.74) is 0. The van der Waals surface area contributed by atoms with Crippen molar-refractivity contribution in [2.24, 2.45) is 0 Å². The number of rotatable bonds is 7. The minimum atomic E-state index is 0.349. The SMILES string of the molecule is O=C(CCCC1CCCO1)CSc1ccccc1. The van der Waals surface area contributed by atoms with E-state index >= 15 is 0 Å². The summed E-state index contributed by atoms with van der Waals surface area (Å²) in [5.74, 6) is 0.942. The van der Waals surface area contributed by atoms with Gasteiger partial charge >= 0.3 is 0 Å². The molecule has 1 saturated heterocycles. The van der Waals surface area contributed by atoms with E-state index in [1.807, 2.05) is 30.3 Å². The first-order chi connectivity index (χ1) is 8.84. The van der Waals surface area contributed by atoms with Crippen molar-refractivity contribution < 1.29 is 9.53 Å².